The first kappa shape index (κ1) is 18.2. The van der Waals surface area contributed by atoms with Crippen molar-refractivity contribution in [3.8, 4) is 11.8 Å². The van der Waals surface area contributed by atoms with Crippen LogP contribution in [0.4, 0.5) is 5.69 Å². The number of aryl methyl sites for hydroxylation is 1. The number of nitriles is 1. The summed E-state index contributed by atoms with van der Waals surface area (Å²) in [5.74, 6) is 0.304. The van der Waals surface area contributed by atoms with Gasteiger partial charge in [-0.3, -0.25) is 4.79 Å². The molecule has 2 aromatic carbocycles. The van der Waals surface area contributed by atoms with E-state index >= 15 is 0 Å². The van der Waals surface area contributed by atoms with Gasteiger partial charge in [-0.05, 0) is 42.8 Å². The average molecular weight is 351 g/mol. The number of carbonyl (C=O) groups excluding carboxylic acids is 1. The molecule has 1 amide bonds. The number of nitrogens with two attached hydrogens (primary N) is 1. The summed E-state index contributed by atoms with van der Waals surface area (Å²) < 4.78 is 5.45. The van der Waals surface area contributed by atoms with Gasteiger partial charge in [0.2, 0.25) is 0 Å². The van der Waals surface area contributed by atoms with Gasteiger partial charge in [0.15, 0.2) is 6.61 Å². The van der Waals surface area contributed by atoms with Crippen molar-refractivity contribution < 1.29 is 9.53 Å². The molecule has 0 atom stereocenters. The average Bonchev–Trinajstić information content (AvgIpc) is 2.60. The molecule has 0 fully saturated rings. The number of amides is 1. The lowest BCUT2D eigenvalue weighted by Crippen LogP contribution is -2.20. The van der Waals surface area contributed by atoms with E-state index in [1.807, 2.05) is 37.3 Å². The number of rotatable bonds is 6. The Bertz CT molecular complexity index is 834. The van der Waals surface area contributed by atoms with Crippen LogP contribution in [0.3, 0.4) is 0 Å². The second kappa shape index (κ2) is 8.62. The second-order valence-corrected chi connectivity index (χ2v) is 5.75. The Labute approximate surface area is 151 Å². The van der Waals surface area contributed by atoms with Crippen molar-refractivity contribution in [1.82, 2.24) is 0 Å². The number of nitrogens with zero attached hydrogens (tertiary/aromatic N) is 1. The number of hydrogen-bond acceptors (Lipinski definition) is 4. The van der Waals surface area contributed by atoms with Crippen molar-refractivity contribution in [1.29, 1.82) is 5.26 Å². The van der Waals surface area contributed by atoms with Gasteiger partial charge >= 0.3 is 0 Å². The van der Waals surface area contributed by atoms with Crippen LogP contribution in [0.5, 0.6) is 5.75 Å². The quantitative estimate of drug-likeness (QED) is 0.474. The fourth-order valence-corrected chi connectivity index (χ4v) is 2.07. The molecule has 0 spiro atoms. The summed E-state index contributed by atoms with van der Waals surface area (Å²) in [6, 6.07) is 16.4. The lowest BCUT2D eigenvalue weighted by molar-refractivity contribution is -0.118. The Balaban J connectivity index is 1.91. The van der Waals surface area contributed by atoms with Crippen molar-refractivity contribution in [2.45, 2.75) is 6.92 Å². The Hall–Kier alpha value is -3.17. The maximum atomic E-state index is 11.9. The van der Waals surface area contributed by atoms with Crippen LogP contribution in [-0.4, -0.2) is 17.5 Å². The van der Waals surface area contributed by atoms with Gasteiger partial charge in [-0.2, -0.15) is 5.26 Å². The number of carbonyl (C=O) groups is 1. The van der Waals surface area contributed by atoms with Crippen molar-refractivity contribution >= 4 is 34.9 Å². The van der Waals surface area contributed by atoms with Crippen molar-refractivity contribution in [2.24, 2.45) is 5.73 Å². The van der Waals surface area contributed by atoms with Crippen molar-refractivity contribution in [3.63, 3.8) is 0 Å². The van der Waals surface area contributed by atoms with Gasteiger partial charge in [0.1, 0.15) is 16.8 Å². The van der Waals surface area contributed by atoms with E-state index in [-0.39, 0.29) is 23.1 Å². The third-order valence-corrected chi connectivity index (χ3v) is 3.50. The van der Waals surface area contributed by atoms with E-state index in [0.29, 0.717) is 5.75 Å². The summed E-state index contributed by atoms with van der Waals surface area (Å²) in [6.45, 7) is 1.88. The number of anilines is 1. The molecule has 0 bridgehead atoms. The van der Waals surface area contributed by atoms with Gasteiger partial charge < -0.3 is 15.8 Å². The highest BCUT2D eigenvalue weighted by atomic mass is 32.1. The monoisotopic (exact) mass is 351 g/mol. The standard InChI is InChI=1S/C19H17N3O2S/c1-13-2-6-16(7-3-13)22-18(23)12-24-17-8-4-14(5-9-17)10-15(11-20)19(21)25/h2-10H,12H2,1H3,(H2,21,25)(H,22,23). The highest BCUT2D eigenvalue weighted by molar-refractivity contribution is 7.80. The predicted molar refractivity (Wildman–Crippen MR) is 102 cm³/mol. The van der Waals surface area contributed by atoms with E-state index in [0.717, 1.165) is 16.8 Å². The van der Waals surface area contributed by atoms with Crippen LogP contribution < -0.4 is 15.8 Å². The van der Waals surface area contributed by atoms with Crippen LogP contribution in [-0.2, 0) is 4.79 Å². The van der Waals surface area contributed by atoms with Crippen LogP contribution in [0.15, 0.2) is 54.1 Å². The fourth-order valence-electron chi connectivity index (χ4n) is 1.97. The number of thiocarbonyl (C=S) groups is 1. The molecule has 0 heterocycles. The molecule has 126 valence electrons. The third kappa shape index (κ3) is 5.75. The molecule has 0 saturated carbocycles. The van der Waals surface area contributed by atoms with E-state index in [9.17, 15) is 4.79 Å². The van der Waals surface area contributed by atoms with Gasteiger partial charge in [-0.25, -0.2) is 0 Å². The summed E-state index contributed by atoms with van der Waals surface area (Å²) in [5, 5.41) is 11.7. The zero-order valence-corrected chi connectivity index (χ0v) is 14.5. The van der Waals surface area contributed by atoms with Gasteiger partial charge in [-0.15, -0.1) is 0 Å². The highest BCUT2D eigenvalue weighted by Gasteiger charge is 2.04. The van der Waals surface area contributed by atoms with E-state index in [2.05, 4.69) is 5.32 Å². The van der Waals surface area contributed by atoms with Crippen LogP contribution in [0.1, 0.15) is 11.1 Å². The molecule has 3 N–H and O–H groups in total. The minimum atomic E-state index is -0.243. The summed E-state index contributed by atoms with van der Waals surface area (Å²) in [6.07, 6.45) is 1.59. The van der Waals surface area contributed by atoms with E-state index < -0.39 is 0 Å². The predicted octanol–water partition coefficient (Wildman–Crippen LogP) is 3.21. The molecule has 0 unspecified atom stereocenters. The van der Waals surface area contributed by atoms with E-state index in [1.165, 1.54) is 0 Å². The molecular formula is C19H17N3O2S. The zero-order valence-electron chi connectivity index (χ0n) is 13.7. The van der Waals surface area contributed by atoms with Crippen LogP contribution in [0, 0.1) is 18.3 Å². The van der Waals surface area contributed by atoms with Gasteiger partial charge in [0.25, 0.3) is 5.91 Å². The van der Waals surface area contributed by atoms with Crippen LogP contribution >= 0.6 is 12.2 Å². The smallest absolute Gasteiger partial charge is 0.262 e. The Morgan fingerprint density at radius 1 is 1.24 bits per heavy atom. The molecule has 5 nitrogen and oxygen atoms in total. The SMILES string of the molecule is Cc1ccc(NC(=O)COc2ccc(C=C(C#N)C(N)=S)cc2)cc1. The molecule has 2 rings (SSSR count). The molecule has 0 aliphatic carbocycles. The first-order valence-corrected chi connectivity index (χ1v) is 7.90. The first-order valence-electron chi connectivity index (χ1n) is 7.49. The van der Waals surface area contributed by atoms with E-state index in [1.54, 1.807) is 30.3 Å². The summed E-state index contributed by atoms with van der Waals surface area (Å²) in [7, 11) is 0. The molecule has 25 heavy (non-hydrogen) atoms. The number of benzene rings is 2. The Kier molecular flexibility index (Phi) is 6.26. The number of ether oxygens (including phenoxy) is 1. The maximum Gasteiger partial charge on any atom is 0.262 e. The van der Waals surface area contributed by atoms with Gasteiger partial charge in [0, 0.05) is 5.69 Å². The lowest BCUT2D eigenvalue weighted by atomic mass is 10.1. The van der Waals surface area contributed by atoms with Crippen LogP contribution in [0.25, 0.3) is 6.08 Å². The largest absolute Gasteiger partial charge is 0.484 e. The molecular weight excluding hydrogens is 334 g/mol. The third-order valence-electron chi connectivity index (χ3n) is 3.28. The Morgan fingerprint density at radius 2 is 1.88 bits per heavy atom. The molecule has 0 aromatic heterocycles. The highest BCUT2D eigenvalue weighted by Crippen LogP contribution is 2.15. The van der Waals surface area contributed by atoms with E-state index in [4.69, 9.17) is 28.0 Å². The Morgan fingerprint density at radius 3 is 2.44 bits per heavy atom. The topological polar surface area (TPSA) is 88.1 Å². The normalized spacial score (nSPS) is 10.6. The molecule has 0 aliphatic rings. The minimum absolute atomic E-state index is 0.0515. The molecule has 0 saturated heterocycles. The van der Waals surface area contributed by atoms with Crippen molar-refractivity contribution in [3.05, 3.63) is 65.2 Å². The second-order valence-electron chi connectivity index (χ2n) is 5.31. The lowest BCUT2D eigenvalue weighted by Gasteiger charge is -2.08. The minimum Gasteiger partial charge on any atom is -0.484 e. The molecule has 0 aliphatic heterocycles. The van der Waals surface area contributed by atoms with Gasteiger partial charge in [0.05, 0.1) is 5.57 Å². The summed E-state index contributed by atoms with van der Waals surface area (Å²) in [5.41, 5.74) is 8.30. The first-order chi connectivity index (χ1) is 12.0. The molecule has 6 heteroatoms. The number of nitrogens with one attached hydrogen (secondary N) is 1. The summed E-state index contributed by atoms with van der Waals surface area (Å²) >= 11 is 4.79. The van der Waals surface area contributed by atoms with Crippen molar-refractivity contribution in [2.75, 3.05) is 11.9 Å². The number of hydrogen-bond donors (Lipinski definition) is 2. The van der Waals surface area contributed by atoms with Gasteiger partial charge in [-0.1, -0.05) is 42.0 Å². The summed E-state index contributed by atoms with van der Waals surface area (Å²) in [4.78, 5) is 11.9. The van der Waals surface area contributed by atoms with Crippen LogP contribution in [0.2, 0.25) is 0 Å². The maximum absolute atomic E-state index is 11.9. The fraction of sp³-hybridized carbons (Fsp3) is 0.105. The zero-order chi connectivity index (χ0) is 18.2. The molecule has 2 aromatic rings. The molecule has 0 radical (unpaired) electrons.